The molecule has 0 spiro atoms. The molecule has 0 bridgehead atoms. The van der Waals surface area contributed by atoms with E-state index in [0.29, 0.717) is 12.8 Å². The van der Waals surface area contributed by atoms with Crippen LogP contribution in [0.1, 0.15) is 64.1 Å². The van der Waals surface area contributed by atoms with Gasteiger partial charge in [0.2, 0.25) is 5.60 Å². The van der Waals surface area contributed by atoms with Crippen molar-refractivity contribution in [2.75, 3.05) is 12.2 Å². The van der Waals surface area contributed by atoms with Gasteiger partial charge in [0.15, 0.2) is 0 Å². The molecule has 1 aromatic heterocycles. The summed E-state index contributed by atoms with van der Waals surface area (Å²) in [6.45, 7) is 5.63. The summed E-state index contributed by atoms with van der Waals surface area (Å²) in [5, 5.41) is 16.6. The molecule has 0 aliphatic heterocycles. The Balaban J connectivity index is 1.35. The minimum absolute atomic E-state index is 0.00300. The molecule has 0 amide bonds. The number of nitrogens with zero attached hydrogens (tertiary/aromatic N) is 2. The van der Waals surface area contributed by atoms with Gasteiger partial charge >= 0.3 is 11.9 Å². The molecule has 7 atom stereocenters. The SMILES string of the molecule is CSCOC(=O)C1(OC(C)=O)CC[C@H]2C3CCC4=Cc5c(cnn5-c5ccc(F)cc5)CC4(C)[C@H]3C(O)CC21C. The van der Waals surface area contributed by atoms with Crippen LogP contribution < -0.4 is 0 Å². The lowest BCUT2D eigenvalue weighted by molar-refractivity contribution is -0.212. The second-order valence-electron chi connectivity index (χ2n) is 12.5. The third kappa shape index (κ3) is 3.91. The number of hydrogen-bond donors (Lipinski definition) is 1. The number of aliphatic hydroxyl groups is 1. The van der Waals surface area contributed by atoms with Crippen LogP contribution in [0.4, 0.5) is 4.39 Å². The van der Waals surface area contributed by atoms with E-state index in [-0.39, 0.29) is 34.9 Å². The summed E-state index contributed by atoms with van der Waals surface area (Å²) >= 11 is 1.40. The zero-order chi connectivity index (χ0) is 28.4. The number of carbonyl (C=O) groups is 2. The van der Waals surface area contributed by atoms with Crippen LogP contribution in [0.3, 0.4) is 0 Å². The van der Waals surface area contributed by atoms with Crippen LogP contribution in [-0.4, -0.2) is 50.7 Å². The number of esters is 2. The topological polar surface area (TPSA) is 90.7 Å². The summed E-state index contributed by atoms with van der Waals surface area (Å²) in [6, 6.07) is 6.35. The van der Waals surface area contributed by atoms with Crippen LogP contribution in [0.25, 0.3) is 11.8 Å². The summed E-state index contributed by atoms with van der Waals surface area (Å²) < 4.78 is 26.9. The third-order valence-electron chi connectivity index (χ3n) is 10.6. The van der Waals surface area contributed by atoms with Crippen LogP contribution in [0.5, 0.6) is 0 Å². The van der Waals surface area contributed by atoms with Crippen molar-refractivity contribution < 1.29 is 28.6 Å². The van der Waals surface area contributed by atoms with Gasteiger partial charge < -0.3 is 14.6 Å². The molecule has 1 heterocycles. The molecule has 0 saturated heterocycles. The van der Waals surface area contributed by atoms with Crippen molar-refractivity contribution in [3.8, 4) is 5.69 Å². The number of hydrogen-bond acceptors (Lipinski definition) is 7. The summed E-state index contributed by atoms with van der Waals surface area (Å²) in [4.78, 5) is 25.8. The minimum atomic E-state index is -1.39. The number of fused-ring (bicyclic) bond motifs is 6. The summed E-state index contributed by atoms with van der Waals surface area (Å²) in [6.07, 6.45) is 9.34. The van der Waals surface area contributed by atoms with Crippen LogP contribution in [0, 0.1) is 34.4 Å². The number of aromatic nitrogens is 2. The average molecular weight is 569 g/mol. The van der Waals surface area contributed by atoms with Crippen molar-refractivity contribution in [2.24, 2.45) is 28.6 Å². The van der Waals surface area contributed by atoms with Crippen molar-refractivity contribution in [1.82, 2.24) is 9.78 Å². The molecule has 7 nitrogen and oxygen atoms in total. The van der Waals surface area contributed by atoms with E-state index >= 15 is 0 Å². The predicted molar refractivity (Wildman–Crippen MR) is 150 cm³/mol. The first-order valence-electron chi connectivity index (χ1n) is 14.1. The van der Waals surface area contributed by atoms with Gasteiger partial charge in [-0.2, -0.15) is 5.10 Å². The fourth-order valence-corrected chi connectivity index (χ4v) is 9.20. The molecular formula is C31H37FN2O5S. The Morgan fingerprint density at radius 3 is 2.67 bits per heavy atom. The highest BCUT2D eigenvalue weighted by atomic mass is 32.2. The van der Waals surface area contributed by atoms with Crippen molar-refractivity contribution in [1.29, 1.82) is 0 Å². The number of thioether (sulfide) groups is 1. The highest BCUT2D eigenvalue weighted by molar-refractivity contribution is 7.98. The Kier molecular flexibility index (Phi) is 6.69. The summed E-state index contributed by atoms with van der Waals surface area (Å²) in [7, 11) is 0. The van der Waals surface area contributed by atoms with E-state index < -0.39 is 29.1 Å². The molecule has 6 rings (SSSR count). The van der Waals surface area contributed by atoms with E-state index in [9.17, 15) is 19.1 Å². The Labute approximate surface area is 238 Å². The maximum atomic E-state index is 13.5. The Bertz CT molecular complexity index is 1370. The van der Waals surface area contributed by atoms with Gasteiger partial charge in [0.1, 0.15) is 11.8 Å². The first-order chi connectivity index (χ1) is 19.0. The highest BCUT2D eigenvalue weighted by Gasteiger charge is 2.71. The second-order valence-corrected chi connectivity index (χ2v) is 13.3. The Morgan fingerprint density at radius 2 is 1.98 bits per heavy atom. The monoisotopic (exact) mass is 568 g/mol. The number of carbonyl (C=O) groups excluding carboxylic acids is 2. The van der Waals surface area contributed by atoms with Crippen molar-refractivity contribution in [2.45, 2.75) is 71.0 Å². The molecular weight excluding hydrogens is 531 g/mol. The van der Waals surface area contributed by atoms with Gasteiger partial charge in [-0.1, -0.05) is 19.4 Å². The van der Waals surface area contributed by atoms with E-state index in [1.807, 2.05) is 24.1 Å². The molecule has 3 fully saturated rings. The van der Waals surface area contributed by atoms with Crippen LogP contribution in [-0.2, 0) is 25.5 Å². The smallest absolute Gasteiger partial charge is 0.352 e. The van der Waals surface area contributed by atoms with E-state index in [1.54, 1.807) is 12.1 Å². The van der Waals surface area contributed by atoms with Gasteiger partial charge in [-0.25, -0.2) is 13.9 Å². The van der Waals surface area contributed by atoms with Gasteiger partial charge in [0.25, 0.3) is 0 Å². The van der Waals surface area contributed by atoms with Gasteiger partial charge in [0, 0.05) is 12.3 Å². The molecule has 4 aliphatic carbocycles. The molecule has 4 aliphatic rings. The normalized spacial score (nSPS) is 36.0. The standard InChI is InChI=1S/C31H37FN2O5S/c1-18(35)39-31(28(37)38-17-40-4)12-11-24-23-10-5-20-13-25-19(16-33-34(25)22-8-6-21(32)7-9-22)14-29(20,2)27(23)26(36)15-30(24,31)3/h6-9,13,16,23-24,26-27,36H,5,10-12,14-15,17H2,1-4H3/t23?,24-,26?,27+,29?,30?,31?/m0/s1. The zero-order valence-electron chi connectivity index (χ0n) is 23.5. The largest absolute Gasteiger partial charge is 0.452 e. The fraction of sp³-hybridized carbons (Fsp3) is 0.581. The summed E-state index contributed by atoms with van der Waals surface area (Å²) in [5.41, 5.74) is 1.86. The number of allylic oxidation sites excluding steroid dienone is 1. The van der Waals surface area contributed by atoms with Crippen molar-refractivity contribution >= 4 is 29.8 Å². The predicted octanol–water partition coefficient (Wildman–Crippen LogP) is 5.33. The quantitative estimate of drug-likeness (QED) is 0.385. The molecule has 3 saturated carbocycles. The molecule has 0 radical (unpaired) electrons. The molecule has 2 aromatic rings. The average Bonchev–Trinajstić information content (AvgIpc) is 3.43. The minimum Gasteiger partial charge on any atom is -0.452 e. The lowest BCUT2D eigenvalue weighted by Gasteiger charge is -2.60. The molecule has 1 N–H and O–H groups in total. The van der Waals surface area contributed by atoms with Crippen LogP contribution in [0.15, 0.2) is 36.0 Å². The number of halogens is 1. The first kappa shape index (κ1) is 27.5. The number of benzene rings is 1. The van der Waals surface area contributed by atoms with Gasteiger partial charge in [0.05, 0.1) is 23.7 Å². The fourth-order valence-electron chi connectivity index (χ4n) is 8.98. The summed E-state index contributed by atoms with van der Waals surface area (Å²) in [5.74, 6) is -0.793. The third-order valence-corrected chi connectivity index (χ3v) is 10.9. The number of ether oxygens (including phenoxy) is 2. The van der Waals surface area contributed by atoms with E-state index in [4.69, 9.17) is 9.47 Å². The molecule has 40 heavy (non-hydrogen) atoms. The molecule has 5 unspecified atom stereocenters. The molecule has 214 valence electrons. The maximum Gasteiger partial charge on any atom is 0.352 e. The van der Waals surface area contributed by atoms with Crippen molar-refractivity contribution in [3.63, 3.8) is 0 Å². The first-order valence-corrected chi connectivity index (χ1v) is 15.5. The maximum absolute atomic E-state index is 13.5. The lowest BCUT2D eigenvalue weighted by Crippen LogP contribution is -2.63. The van der Waals surface area contributed by atoms with Crippen molar-refractivity contribution in [3.05, 3.63) is 53.1 Å². The van der Waals surface area contributed by atoms with Gasteiger partial charge in [-0.3, -0.25) is 4.79 Å². The molecule has 1 aromatic carbocycles. The molecule has 9 heteroatoms. The Hall–Kier alpha value is -2.65. The number of rotatable bonds is 5. The Morgan fingerprint density at radius 1 is 1.23 bits per heavy atom. The zero-order valence-corrected chi connectivity index (χ0v) is 24.3. The van der Waals surface area contributed by atoms with Gasteiger partial charge in [-0.05, 0) is 104 Å². The number of aliphatic hydroxyl groups excluding tert-OH is 1. The van der Waals surface area contributed by atoms with E-state index in [0.717, 1.165) is 42.6 Å². The van der Waals surface area contributed by atoms with Gasteiger partial charge in [-0.15, -0.1) is 11.8 Å². The second kappa shape index (κ2) is 9.72. The highest BCUT2D eigenvalue weighted by Crippen LogP contribution is 2.68. The van der Waals surface area contributed by atoms with Crippen LogP contribution in [0.2, 0.25) is 0 Å². The van der Waals surface area contributed by atoms with E-state index in [2.05, 4.69) is 18.1 Å². The lowest BCUT2D eigenvalue weighted by atomic mass is 9.45. The van der Waals surface area contributed by atoms with Crippen LogP contribution >= 0.6 is 11.8 Å². The van der Waals surface area contributed by atoms with E-state index in [1.165, 1.54) is 36.4 Å².